The van der Waals surface area contributed by atoms with Crippen molar-refractivity contribution in [2.75, 3.05) is 6.26 Å². The molecule has 110 valence electrons. The lowest BCUT2D eigenvalue weighted by Gasteiger charge is -2.10. The molecule has 3 aromatic rings. The van der Waals surface area contributed by atoms with E-state index in [-0.39, 0.29) is 0 Å². The fraction of sp³-hybridized carbons (Fsp3) is 0.118. The number of aryl methyl sites for hydroxylation is 1. The molecule has 2 aromatic carbocycles. The first-order chi connectivity index (χ1) is 10.7. The highest BCUT2D eigenvalue weighted by Gasteiger charge is 2.17. The fourth-order valence-corrected chi connectivity index (χ4v) is 2.84. The van der Waals surface area contributed by atoms with Crippen LogP contribution in [-0.2, 0) is 0 Å². The van der Waals surface area contributed by atoms with E-state index in [0.29, 0.717) is 5.69 Å². The summed E-state index contributed by atoms with van der Waals surface area (Å²) in [5, 5.41) is 8.20. The van der Waals surface area contributed by atoms with Crippen molar-refractivity contribution in [1.82, 2.24) is 15.0 Å². The van der Waals surface area contributed by atoms with Crippen LogP contribution in [0.2, 0.25) is 0 Å². The Morgan fingerprint density at radius 3 is 2.68 bits per heavy atom. The van der Waals surface area contributed by atoms with Crippen molar-refractivity contribution in [3.05, 3.63) is 59.8 Å². The molecule has 0 spiro atoms. The molecule has 0 unspecified atom stereocenters. The second kappa shape index (κ2) is 6.15. The molecular weight excluding hydrogens is 294 g/mol. The zero-order valence-corrected chi connectivity index (χ0v) is 13.2. The summed E-state index contributed by atoms with van der Waals surface area (Å²) in [6.45, 7) is 2.01. The highest BCUT2D eigenvalue weighted by Crippen LogP contribution is 2.28. The quantitative estimate of drug-likeness (QED) is 0.543. The predicted molar refractivity (Wildman–Crippen MR) is 88.7 cm³/mol. The molecule has 0 atom stereocenters. The van der Waals surface area contributed by atoms with Crippen LogP contribution in [-0.4, -0.2) is 27.5 Å². The first-order valence-electron chi connectivity index (χ1n) is 6.86. The minimum absolute atomic E-state index is 0.351. The number of aromatic nitrogens is 3. The number of hydrogen-bond donors (Lipinski definition) is 0. The first kappa shape index (κ1) is 14.5. The maximum atomic E-state index is 11.4. The van der Waals surface area contributed by atoms with Crippen LogP contribution >= 0.6 is 11.8 Å². The normalized spacial score (nSPS) is 10.6. The molecule has 4 nitrogen and oxygen atoms in total. The summed E-state index contributed by atoms with van der Waals surface area (Å²) >= 11 is 1.66. The number of thioether (sulfide) groups is 1. The fourth-order valence-electron chi connectivity index (χ4n) is 2.39. The molecule has 1 heterocycles. The number of carbonyl (C=O) groups excluding carboxylic acids is 1. The third kappa shape index (κ3) is 2.55. The summed E-state index contributed by atoms with van der Waals surface area (Å²) in [4.78, 5) is 12.5. The Bertz CT molecular complexity index is 826. The van der Waals surface area contributed by atoms with Gasteiger partial charge in [0.2, 0.25) is 0 Å². The molecule has 0 saturated carbocycles. The Kier molecular flexibility index (Phi) is 4.06. The van der Waals surface area contributed by atoms with E-state index in [0.717, 1.165) is 33.7 Å². The van der Waals surface area contributed by atoms with Crippen molar-refractivity contribution < 1.29 is 4.79 Å². The van der Waals surface area contributed by atoms with Gasteiger partial charge in [-0.05, 0) is 36.9 Å². The van der Waals surface area contributed by atoms with Gasteiger partial charge in [0.1, 0.15) is 5.69 Å². The van der Waals surface area contributed by atoms with Crippen LogP contribution < -0.4 is 0 Å². The van der Waals surface area contributed by atoms with Crippen molar-refractivity contribution in [2.45, 2.75) is 11.8 Å². The molecule has 0 aliphatic rings. The van der Waals surface area contributed by atoms with Gasteiger partial charge in [-0.2, -0.15) is 0 Å². The zero-order valence-electron chi connectivity index (χ0n) is 12.4. The van der Waals surface area contributed by atoms with E-state index < -0.39 is 0 Å². The summed E-state index contributed by atoms with van der Waals surface area (Å²) in [6, 6.07) is 15.9. The second-order valence-electron chi connectivity index (χ2n) is 4.87. The lowest BCUT2D eigenvalue weighted by molar-refractivity contribution is 0.111. The molecule has 0 bridgehead atoms. The summed E-state index contributed by atoms with van der Waals surface area (Å²) in [5.41, 5.74) is 4.01. The summed E-state index contributed by atoms with van der Waals surface area (Å²) in [6.07, 6.45) is 2.78. The van der Waals surface area contributed by atoms with Crippen LogP contribution in [0.15, 0.2) is 53.4 Å². The molecule has 0 aliphatic heterocycles. The van der Waals surface area contributed by atoms with Crippen LogP contribution in [0.1, 0.15) is 16.1 Å². The standard InChI is InChI=1S/C17H15N3OS/c1-12-6-3-4-9-15(12)17-16(11-21)18-19-20(17)13-7-5-8-14(10-13)22-2/h3-11H,1-2H3. The van der Waals surface area contributed by atoms with E-state index in [9.17, 15) is 4.79 Å². The number of rotatable bonds is 4. The topological polar surface area (TPSA) is 47.8 Å². The number of carbonyl (C=O) groups is 1. The van der Waals surface area contributed by atoms with Crippen molar-refractivity contribution in [1.29, 1.82) is 0 Å². The number of benzene rings is 2. The third-order valence-corrected chi connectivity index (χ3v) is 4.23. The van der Waals surface area contributed by atoms with Gasteiger partial charge in [-0.25, -0.2) is 4.68 Å². The Morgan fingerprint density at radius 1 is 1.14 bits per heavy atom. The molecule has 22 heavy (non-hydrogen) atoms. The van der Waals surface area contributed by atoms with E-state index in [4.69, 9.17) is 0 Å². The molecule has 5 heteroatoms. The molecule has 0 N–H and O–H groups in total. The van der Waals surface area contributed by atoms with Crippen molar-refractivity contribution in [3.8, 4) is 16.9 Å². The molecule has 0 radical (unpaired) electrons. The van der Waals surface area contributed by atoms with E-state index >= 15 is 0 Å². The molecule has 3 rings (SSSR count). The van der Waals surface area contributed by atoms with Crippen LogP contribution in [0.5, 0.6) is 0 Å². The van der Waals surface area contributed by atoms with E-state index in [1.54, 1.807) is 16.4 Å². The van der Waals surface area contributed by atoms with Crippen molar-refractivity contribution >= 4 is 18.0 Å². The monoisotopic (exact) mass is 309 g/mol. The minimum Gasteiger partial charge on any atom is -0.296 e. The van der Waals surface area contributed by atoms with Gasteiger partial charge >= 0.3 is 0 Å². The maximum absolute atomic E-state index is 11.4. The van der Waals surface area contributed by atoms with Gasteiger partial charge in [-0.15, -0.1) is 16.9 Å². The van der Waals surface area contributed by atoms with Gasteiger partial charge in [-0.3, -0.25) is 4.79 Å². The Hall–Kier alpha value is -2.40. The average Bonchev–Trinajstić information content (AvgIpc) is 2.99. The van der Waals surface area contributed by atoms with Crippen molar-refractivity contribution in [3.63, 3.8) is 0 Å². The first-order valence-corrected chi connectivity index (χ1v) is 8.08. The number of nitrogens with zero attached hydrogens (tertiary/aromatic N) is 3. The zero-order chi connectivity index (χ0) is 15.5. The largest absolute Gasteiger partial charge is 0.296 e. The van der Waals surface area contributed by atoms with E-state index in [1.807, 2.05) is 61.7 Å². The van der Waals surface area contributed by atoms with Gasteiger partial charge in [0.25, 0.3) is 0 Å². The minimum atomic E-state index is 0.351. The van der Waals surface area contributed by atoms with Crippen LogP contribution in [0.4, 0.5) is 0 Å². The molecule has 0 amide bonds. The second-order valence-corrected chi connectivity index (χ2v) is 5.75. The molecule has 1 aromatic heterocycles. The smallest absolute Gasteiger partial charge is 0.172 e. The summed E-state index contributed by atoms with van der Waals surface area (Å²) in [5.74, 6) is 0. The molecule has 0 fully saturated rings. The third-order valence-electron chi connectivity index (χ3n) is 3.51. The lowest BCUT2D eigenvalue weighted by atomic mass is 10.0. The Labute approximate surface area is 133 Å². The van der Waals surface area contributed by atoms with Crippen LogP contribution in [0.3, 0.4) is 0 Å². The number of hydrogen-bond acceptors (Lipinski definition) is 4. The van der Waals surface area contributed by atoms with E-state index in [2.05, 4.69) is 10.3 Å². The lowest BCUT2D eigenvalue weighted by Crippen LogP contribution is -2.01. The Balaban J connectivity index is 2.24. The van der Waals surface area contributed by atoms with E-state index in [1.165, 1.54) is 0 Å². The van der Waals surface area contributed by atoms with Gasteiger partial charge in [0.15, 0.2) is 12.0 Å². The van der Waals surface area contributed by atoms with Gasteiger partial charge in [0.05, 0.1) is 5.69 Å². The van der Waals surface area contributed by atoms with Gasteiger partial charge < -0.3 is 0 Å². The number of aldehydes is 1. The van der Waals surface area contributed by atoms with Gasteiger partial charge in [-0.1, -0.05) is 35.5 Å². The molecule has 0 aliphatic carbocycles. The predicted octanol–water partition coefficient (Wildman–Crippen LogP) is 3.78. The van der Waals surface area contributed by atoms with Crippen LogP contribution in [0.25, 0.3) is 16.9 Å². The summed E-state index contributed by atoms with van der Waals surface area (Å²) in [7, 11) is 0. The molecular formula is C17H15N3OS. The average molecular weight is 309 g/mol. The highest BCUT2D eigenvalue weighted by atomic mass is 32.2. The SMILES string of the molecule is CSc1cccc(-n2nnc(C=O)c2-c2ccccc2C)c1. The Morgan fingerprint density at radius 2 is 1.95 bits per heavy atom. The molecule has 0 saturated heterocycles. The van der Waals surface area contributed by atoms with Crippen LogP contribution in [0, 0.1) is 6.92 Å². The maximum Gasteiger partial charge on any atom is 0.172 e. The van der Waals surface area contributed by atoms with Gasteiger partial charge in [0, 0.05) is 10.5 Å². The summed E-state index contributed by atoms with van der Waals surface area (Å²) < 4.78 is 1.73. The highest BCUT2D eigenvalue weighted by molar-refractivity contribution is 7.98. The van der Waals surface area contributed by atoms with Crippen molar-refractivity contribution in [2.24, 2.45) is 0 Å².